The van der Waals surface area contributed by atoms with Crippen LogP contribution in [-0.2, 0) is 4.79 Å². The summed E-state index contributed by atoms with van der Waals surface area (Å²) in [4.78, 5) is 40.3. The number of aromatic amines is 1. The number of rotatable bonds is 9. The van der Waals surface area contributed by atoms with Crippen LogP contribution >= 0.6 is 0 Å². The van der Waals surface area contributed by atoms with Crippen LogP contribution in [0.2, 0.25) is 0 Å². The Morgan fingerprint density at radius 1 is 0.914 bits per heavy atom. The third kappa shape index (κ3) is 6.05. The quantitative estimate of drug-likeness (QED) is 0.217. The molecule has 0 saturated carbocycles. The van der Waals surface area contributed by atoms with Crippen molar-refractivity contribution in [2.24, 2.45) is 0 Å². The van der Waals surface area contributed by atoms with Crippen LogP contribution in [-0.4, -0.2) is 39.8 Å². The van der Waals surface area contributed by atoms with E-state index in [-0.39, 0.29) is 17.5 Å². The lowest BCUT2D eigenvalue weighted by atomic mass is 10.1. The number of nitrogens with zero attached hydrogens (tertiary/aromatic N) is 2. The summed E-state index contributed by atoms with van der Waals surface area (Å²) in [6.07, 6.45) is 4.02. The zero-order valence-electron chi connectivity index (χ0n) is 18.6. The number of carbonyl (C=O) groups is 3. The maximum atomic E-state index is 12.6. The fourth-order valence-electron chi connectivity index (χ4n) is 3.18. The molecule has 0 bridgehead atoms. The molecule has 9 nitrogen and oxygen atoms in total. The minimum atomic E-state index is -0.353. The zero-order valence-corrected chi connectivity index (χ0v) is 18.6. The molecule has 0 saturated heterocycles. The van der Waals surface area contributed by atoms with Gasteiger partial charge in [-0.05, 0) is 54.6 Å². The number of carbonyl (C=O) groups excluding carboxylic acids is 3. The van der Waals surface area contributed by atoms with E-state index in [1.54, 1.807) is 79.1 Å². The van der Waals surface area contributed by atoms with Crippen LogP contribution in [0, 0.1) is 0 Å². The Morgan fingerprint density at radius 2 is 1.63 bits per heavy atom. The van der Waals surface area contributed by atoms with Gasteiger partial charge in [0.15, 0.2) is 0 Å². The smallest absolute Gasteiger partial charge is 0.274 e. The summed E-state index contributed by atoms with van der Waals surface area (Å²) < 4.78 is 0. The molecule has 4 rings (SSSR count). The largest absolute Gasteiger partial charge is 0.381 e. The van der Waals surface area contributed by atoms with Gasteiger partial charge in [0.2, 0.25) is 0 Å². The molecular weight excluding hydrogens is 444 g/mol. The number of amides is 2. The van der Waals surface area contributed by atoms with Crippen molar-refractivity contribution >= 4 is 35.2 Å². The van der Waals surface area contributed by atoms with Crippen LogP contribution in [0.15, 0.2) is 91.3 Å². The summed E-state index contributed by atoms with van der Waals surface area (Å²) in [6, 6.07) is 18.9. The van der Waals surface area contributed by atoms with E-state index in [4.69, 9.17) is 0 Å². The standard InChI is InChI=1S/C26H22N6O3/c1-17(16-33)13-27-22-5-2-4-18(12-22)25(34)30-20-8-10-21(11-9-20)31-26(35)24-7-3-6-23(32-24)19-14-28-29-15-19/h2-12,14-16,27H,1,13H2,(H,28,29)(H,30,34)(H,31,35). The molecule has 4 N–H and O–H groups in total. The highest BCUT2D eigenvalue weighted by Gasteiger charge is 2.11. The molecular formula is C26H22N6O3. The maximum Gasteiger partial charge on any atom is 0.274 e. The van der Waals surface area contributed by atoms with Gasteiger partial charge < -0.3 is 16.0 Å². The van der Waals surface area contributed by atoms with Crippen molar-refractivity contribution in [3.63, 3.8) is 0 Å². The van der Waals surface area contributed by atoms with Crippen LogP contribution in [0.5, 0.6) is 0 Å². The molecule has 174 valence electrons. The third-order valence-corrected chi connectivity index (χ3v) is 4.99. The van der Waals surface area contributed by atoms with E-state index in [9.17, 15) is 14.4 Å². The van der Waals surface area contributed by atoms with Crippen molar-refractivity contribution < 1.29 is 14.4 Å². The Bertz CT molecular complexity index is 1360. The molecule has 0 unspecified atom stereocenters. The first-order valence-corrected chi connectivity index (χ1v) is 10.7. The molecule has 0 radical (unpaired) electrons. The lowest BCUT2D eigenvalue weighted by molar-refractivity contribution is -0.104. The topological polar surface area (TPSA) is 129 Å². The van der Waals surface area contributed by atoms with E-state index in [1.807, 2.05) is 0 Å². The predicted octanol–water partition coefficient (Wildman–Crippen LogP) is 4.14. The summed E-state index contributed by atoms with van der Waals surface area (Å²) in [5.41, 5.74) is 4.38. The van der Waals surface area contributed by atoms with Crippen molar-refractivity contribution in [1.82, 2.24) is 15.2 Å². The summed E-state index contributed by atoms with van der Waals surface area (Å²) in [5.74, 6) is -0.645. The number of aromatic nitrogens is 3. The number of aldehydes is 1. The minimum Gasteiger partial charge on any atom is -0.381 e. The van der Waals surface area contributed by atoms with Gasteiger partial charge in [0, 0.05) is 46.5 Å². The number of anilines is 3. The van der Waals surface area contributed by atoms with Crippen LogP contribution in [0.25, 0.3) is 11.3 Å². The molecule has 0 atom stereocenters. The molecule has 0 spiro atoms. The highest BCUT2D eigenvalue weighted by molar-refractivity contribution is 6.05. The van der Waals surface area contributed by atoms with Crippen LogP contribution in [0.3, 0.4) is 0 Å². The van der Waals surface area contributed by atoms with E-state index < -0.39 is 0 Å². The molecule has 2 heterocycles. The van der Waals surface area contributed by atoms with Gasteiger partial charge in [-0.3, -0.25) is 19.5 Å². The first kappa shape index (κ1) is 23.1. The van der Waals surface area contributed by atoms with E-state index >= 15 is 0 Å². The van der Waals surface area contributed by atoms with E-state index in [2.05, 4.69) is 37.7 Å². The fraction of sp³-hybridized carbons (Fsp3) is 0.0385. The first-order valence-electron chi connectivity index (χ1n) is 10.7. The average Bonchev–Trinajstić information content (AvgIpc) is 3.44. The van der Waals surface area contributed by atoms with E-state index in [1.165, 1.54) is 0 Å². The second-order valence-electron chi connectivity index (χ2n) is 7.59. The van der Waals surface area contributed by atoms with Crippen LogP contribution < -0.4 is 16.0 Å². The summed E-state index contributed by atoms with van der Waals surface area (Å²) >= 11 is 0. The number of pyridine rings is 1. The number of hydrogen-bond acceptors (Lipinski definition) is 6. The van der Waals surface area contributed by atoms with Crippen molar-refractivity contribution in [2.75, 3.05) is 22.5 Å². The Hall–Kier alpha value is -5.05. The second-order valence-corrected chi connectivity index (χ2v) is 7.59. The number of H-pyrrole nitrogens is 1. The number of benzene rings is 2. The van der Waals surface area contributed by atoms with Gasteiger partial charge in [-0.15, -0.1) is 0 Å². The first-order chi connectivity index (χ1) is 17.0. The van der Waals surface area contributed by atoms with Gasteiger partial charge in [-0.1, -0.05) is 18.7 Å². The van der Waals surface area contributed by atoms with Crippen molar-refractivity contribution in [3.8, 4) is 11.3 Å². The molecule has 9 heteroatoms. The monoisotopic (exact) mass is 466 g/mol. The summed E-state index contributed by atoms with van der Waals surface area (Å²) in [7, 11) is 0. The van der Waals surface area contributed by atoms with Gasteiger partial charge in [-0.2, -0.15) is 5.10 Å². The third-order valence-electron chi connectivity index (χ3n) is 4.99. The summed E-state index contributed by atoms with van der Waals surface area (Å²) in [5, 5.41) is 15.3. The second kappa shape index (κ2) is 10.7. The molecule has 2 amide bonds. The molecule has 0 aliphatic rings. The van der Waals surface area contributed by atoms with Crippen molar-refractivity contribution in [2.45, 2.75) is 0 Å². The minimum absolute atomic E-state index is 0.270. The van der Waals surface area contributed by atoms with Gasteiger partial charge in [0.25, 0.3) is 11.8 Å². The molecule has 2 aromatic carbocycles. The molecule has 35 heavy (non-hydrogen) atoms. The lowest BCUT2D eigenvalue weighted by Crippen LogP contribution is -2.14. The van der Waals surface area contributed by atoms with Crippen molar-refractivity contribution in [3.05, 3.63) is 103 Å². The Labute approximate surface area is 201 Å². The molecule has 0 aliphatic heterocycles. The predicted molar refractivity (Wildman–Crippen MR) is 134 cm³/mol. The highest BCUT2D eigenvalue weighted by Crippen LogP contribution is 2.18. The average molecular weight is 467 g/mol. The van der Waals surface area contributed by atoms with Crippen molar-refractivity contribution in [1.29, 1.82) is 0 Å². The number of nitrogens with one attached hydrogen (secondary N) is 4. The van der Waals surface area contributed by atoms with E-state index in [0.29, 0.717) is 46.7 Å². The maximum absolute atomic E-state index is 12.6. The Balaban J connectivity index is 1.37. The molecule has 0 aliphatic carbocycles. The van der Waals surface area contributed by atoms with Crippen LogP contribution in [0.1, 0.15) is 20.8 Å². The Kier molecular flexibility index (Phi) is 7.08. The normalized spacial score (nSPS) is 10.3. The van der Waals surface area contributed by atoms with Gasteiger partial charge in [0.05, 0.1) is 11.9 Å². The lowest BCUT2D eigenvalue weighted by Gasteiger charge is -2.10. The molecule has 4 aromatic rings. The fourth-order valence-corrected chi connectivity index (χ4v) is 3.18. The SMILES string of the molecule is C=C(C=O)CNc1cccc(C(=O)Nc2ccc(NC(=O)c3cccc(-c4cn[nH]c4)n3)cc2)c1. The number of hydrogen-bond donors (Lipinski definition) is 4. The Morgan fingerprint density at radius 3 is 2.31 bits per heavy atom. The van der Waals surface area contributed by atoms with Gasteiger partial charge in [-0.25, -0.2) is 4.98 Å². The highest BCUT2D eigenvalue weighted by atomic mass is 16.2. The zero-order chi connectivity index (χ0) is 24.6. The molecule has 0 fully saturated rings. The van der Waals surface area contributed by atoms with Gasteiger partial charge in [0.1, 0.15) is 12.0 Å². The van der Waals surface area contributed by atoms with Gasteiger partial charge >= 0.3 is 0 Å². The summed E-state index contributed by atoms with van der Waals surface area (Å²) in [6.45, 7) is 3.91. The van der Waals surface area contributed by atoms with Crippen LogP contribution in [0.4, 0.5) is 17.1 Å². The van der Waals surface area contributed by atoms with E-state index in [0.717, 1.165) is 5.56 Å². The molecule has 2 aromatic heterocycles.